The van der Waals surface area contributed by atoms with Crippen LogP contribution in [0.2, 0.25) is 0 Å². The molecule has 0 aliphatic carbocycles. The smallest absolute Gasteiger partial charge is 0.316 e. The first-order valence-electron chi connectivity index (χ1n) is 10.5. The molecular formula is C26H21N5O2. The number of benzene rings is 3. The highest BCUT2D eigenvalue weighted by Gasteiger charge is 2.22. The molecule has 0 unspecified atom stereocenters. The molecule has 0 radical (unpaired) electrons. The average Bonchev–Trinajstić information content (AvgIpc) is 3.53. The molecule has 0 N–H and O–H groups in total. The van der Waals surface area contributed by atoms with Crippen molar-refractivity contribution < 1.29 is 9.32 Å². The minimum Gasteiger partial charge on any atom is -0.333 e. The molecule has 0 bridgehead atoms. The predicted molar refractivity (Wildman–Crippen MR) is 125 cm³/mol. The van der Waals surface area contributed by atoms with Crippen LogP contribution in [0.4, 0.5) is 0 Å². The largest absolute Gasteiger partial charge is 0.333 e. The second-order valence-corrected chi connectivity index (χ2v) is 7.60. The first-order valence-corrected chi connectivity index (χ1v) is 10.5. The van der Waals surface area contributed by atoms with Crippen LogP contribution in [-0.4, -0.2) is 37.8 Å². The van der Waals surface area contributed by atoms with Crippen molar-refractivity contribution in [2.24, 2.45) is 0 Å². The van der Waals surface area contributed by atoms with E-state index in [2.05, 4.69) is 10.1 Å². The van der Waals surface area contributed by atoms with Crippen LogP contribution in [0.15, 0.2) is 102 Å². The molecule has 0 aliphatic heterocycles. The number of carbonyl (C=O) groups excluding carboxylic acids is 1. The van der Waals surface area contributed by atoms with E-state index < -0.39 is 0 Å². The van der Waals surface area contributed by atoms with Gasteiger partial charge in [-0.1, -0.05) is 84.0 Å². The summed E-state index contributed by atoms with van der Waals surface area (Å²) in [5.74, 6) is -0.0153. The first-order chi connectivity index (χ1) is 16.2. The molecule has 1 amide bonds. The second kappa shape index (κ2) is 8.92. The first kappa shape index (κ1) is 20.4. The Hall–Kier alpha value is -4.52. The molecule has 33 heavy (non-hydrogen) atoms. The van der Waals surface area contributed by atoms with E-state index in [0.29, 0.717) is 12.4 Å². The third-order valence-electron chi connectivity index (χ3n) is 5.25. The summed E-state index contributed by atoms with van der Waals surface area (Å²) < 4.78 is 7.09. The number of para-hydroxylation sites is 1. The summed E-state index contributed by atoms with van der Waals surface area (Å²) in [5, 5.41) is 8.76. The molecule has 0 atom stereocenters. The van der Waals surface area contributed by atoms with Crippen molar-refractivity contribution in [2.45, 2.75) is 6.54 Å². The van der Waals surface area contributed by atoms with Gasteiger partial charge in [0.15, 0.2) is 0 Å². The van der Waals surface area contributed by atoms with Gasteiger partial charge in [0.25, 0.3) is 0 Å². The van der Waals surface area contributed by atoms with Gasteiger partial charge in [0, 0.05) is 36.5 Å². The zero-order valence-corrected chi connectivity index (χ0v) is 18.0. The Morgan fingerprint density at radius 2 is 1.48 bits per heavy atom. The number of aromatic nitrogens is 4. The van der Waals surface area contributed by atoms with Crippen molar-refractivity contribution in [3.63, 3.8) is 0 Å². The van der Waals surface area contributed by atoms with Gasteiger partial charge in [-0.15, -0.1) is 0 Å². The third-order valence-corrected chi connectivity index (χ3v) is 5.25. The van der Waals surface area contributed by atoms with E-state index >= 15 is 0 Å². The number of rotatable bonds is 6. The normalized spacial score (nSPS) is 10.8. The van der Waals surface area contributed by atoms with E-state index in [1.54, 1.807) is 11.9 Å². The van der Waals surface area contributed by atoms with Crippen LogP contribution in [0, 0.1) is 0 Å². The summed E-state index contributed by atoms with van der Waals surface area (Å²) in [7, 11) is 1.71. The van der Waals surface area contributed by atoms with Gasteiger partial charge in [0.05, 0.1) is 11.4 Å². The lowest BCUT2D eigenvalue weighted by Gasteiger charge is -2.14. The zero-order chi connectivity index (χ0) is 22.6. The molecule has 7 heteroatoms. The monoisotopic (exact) mass is 435 g/mol. The van der Waals surface area contributed by atoms with E-state index in [1.165, 1.54) is 0 Å². The molecule has 5 rings (SSSR count). The summed E-state index contributed by atoms with van der Waals surface area (Å²) >= 11 is 0. The fourth-order valence-corrected chi connectivity index (χ4v) is 3.58. The SMILES string of the molecule is CN(Cc1cn(-c2ccccc2)nc1-c1ccccc1)C(=O)c1nc(-c2ccccc2)no1. The van der Waals surface area contributed by atoms with Gasteiger partial charge in [-0.2, -0.15) is 10.1 Å². The molecule has 0 spiro atoms. The summed E-state index contributed by atoms with van der Waals surface area (Å²) in [6.45, 7) is 0.332. The molecule has 5 aromatic rings. The van der Waals surface area contributed by atoms with Gasteiger partial charge < -0.3 is 9.42 Å². The molecule has 0 aliphatic rings. The molecule has 7 nitrogen and oxygen atoms in total. The van der Waals surface area contributed by atoms with E-state index in [1.807, 2.05) is 102 Å². The molecule has 0 saturated heterocycles. The molecule has 0 saturated carbocycles. The summed E-state index contributed by atoms with van der Waals surface area (Å²) in [4.78, 5) is 18.9. The Morgan fingerprint density at radius 1 is 0.879 bits per heavy atom. The maximum atomic E-state index is 13.0. The fraction of sp³-hybridized carbons (Fsp3) is 0.0769. The molecule has 2 heterocycles. The molecule has 3 aromatic carbocycles. The molecule has 162 valence electrons. The van der Waals surface area contributed by atoms with Gasteiger partial charge >= 0.3 is 11.8 Å². The number of nitrogens with zero attached hydrogens (tertiary/aromatic N) is 5. The fourth-order valence-electron chi connectivity index (χ4n) is 3.58. The van der Waals surface area contributed by atoms with Crippen molar-refractivity contribution >= 4 is 5.91 Å². The van der Waals surface area contributed by atoms with Crippen LogP contribution in [0.5, 0.6) is 0 Å². The predicted octanol–water partition coefficient (Wildman–Crippen LogP) is 4.86. The lowest BCUT2D eigenvalue weighted by atomic mass is 10.1. The highest BCUT2D eigenvalue weighted by Crippen LogP contribution is 2.25. The van der Waals surface area contributed by atoms with Gasteiger partial charge in [-0.05, 0) is 12.1 Å². The summed E-state index contributed by atoms with van der Waals surface area (Å²) in [5.41, 5.74) is 4.43. The second-order valence-electron chi connectivity index (χ2n) is 7.60. The van der Waals surface area contributed by atoms with E-state index in [0.717, 1.165) is 28.1 Å². The zero-order valence-electron chi connectivity index (χ0n) is 18.0. The summed E-state index contributed by atoms with van der Waals surface area (Å²) in [6, 6.07) is 29.2. The average molecular weight is 435 g/mol. The number of carbonyl (C=O) groups is 1. The van der Waals surface area contributed by atoms with Crippen molar-refractivity contribution in [1.29, 1.82) is 0 Å². The Labute approximate surface area is 190 Å². The highest BCUT2D eigenvalue weighted by molar-refractivity contribution is 5.89. The number of amides is 1. The third kappa shape index (κ3) is 4.29. The van der Waals surface area contributed by atoms with Crippen LogP contribution in [0.25, 0.3) is 28.3 Å². The summed E-state index contributed by atoms with van der Waals surface area (Å²) in [6.07, 6.45) is 1.95. The lowest BCUT2D eigenvalue weighted by molar-refractivity contribution is 0.0736. The van der Waals surface area contributed by atoms with Crippen molar-refractivity contribution in [3.8, 4) is 28.3 Å². The minimum absolute atomic E-state index is 0.0481. The Morgan fingerprint density at radius 3 is 2.15 bits per heavy atom. The van der Waals surface area contributed by atoms with Gasteiger partial charge in [0.1, 0.15) is 0 Å². The van der Waals surface area contributed by atoms with Gasteiger partial charge in [0.2, 0.25) is 5.82 Å². The van der Waals surface area contributed by atoms with Crippen LogP contribution in [0.3, 0.4) is 0 Å². The Kier molecular flexibility index (Phi) is 5.51. The molecule has 2 aromatic heterocycles. The van der Waals surface area contributed by atoms with Crippen LogP contribution < -0.4 is 0 Å². The Bertz CT molecular complexity index is 1360. The quantitative estimate of drug-likeness (QED) is 0.381. The maximum absolute atomic E-state index is 13.0. The van der Waals surface area contributed by atoms with Gasteiger partial charge in [-0.25, -0.2) is 4.68 Å². The number of hydrogen-bond acceptors (Lipinski definition) is 5. The maximum Gasteiger partial charge on any atom is 0.316 e. The highest BCUT2D eigenvalue weighted by atomic mass is 16.5. The Balaban J connectivity index is 1.43. The van der Waals surface area contributed by atoms with E-state index in [4.69, 9.17) is 9.62 Å². The van der Waals surface area contributed by atoms with Gasteiger partial charge in [-0.3, -0.25) is 4.79 Å². The van der Waals surface area contributed by atoms with Crippen LogP contribution in [-0.2, 0) is 6.54 Å². The number of hydrogen-bond donors (Lipinski definition) is 0. The standard InChI is InChI=1S/C26H21N5O2/c1-30(26(32)25-27-24(29-33-25)20-13-7-3-8-14-20)17-21-18-31(22-15-9-4-10-16-22)28-23(21)19-11-5-2-6-12-19/h2-16,18H,17H2,1H3. The topological polar surface area (TPSA) is 77.1 Å². The van der Waals surface area contributed by atoms with Crippen molar-refractivity contribution in [1.82, 2.24) is 24.8 Å². The van der Waals surface area contributed by atoms with Crippen molar-refractivity contribution in [2.75, 3.05) is 7.05 Å². The van der Waals surface area contributed by atoms with Crippen LogP contribution >= 0.6 is 0 Å². The minimum atomic E-state index is -0.351. The molecule has 0 fully saturated rings. The van der Waals surface area contributed by atoms with E-state index in [9.17, 15) is 4.79 Å². The van der Waals surface area contributed by atoms with E-state index in [-0.39, 0.29) is 11.8 Å². The lowest BCUT2D eigenvalue weighted by Crippen LogP contribution is -2.26. The van der Waals surface area contributed by atoms with Crippen molar-refractivity contribution in [3.05, 3.63) is 109 Å². The van der Waals surface area contributed by atoms with Crippen LogP contribution in [0.1, 0.15) is 16.2 Å². The molecular weight excluding hydrogens is 414 g/mol.